The Bertz CT molecular complexity index is 479. The quantitative estimate of drug-likeness (QED) is 0.192. The van der Waals surface area contributed by atoms with Gasteiger partial charge in [-0.3, -0.25) is 9.59 Å². The fourth-order valence-electron chi connectivity index (χ4n) is 3.00. The number of carbonyl (C=O) groups excluding carboxylic acids is 1. The molecule has 24 heavy (non-hydrogen) atoms. The summed E-state index contributed by atoms with van der Waals surface area (Å²) in [7, 11) is 3.04. The van der Waals surface area contributed by atoms with Crippen molar-refractivity contribution in [1.82, 2.24) is 5.43 Å². The zero-order valence-corrected chi connectivity index (χ0v) is 16.3. The van der Waals surface area contributed by atoms with E-state index in [-0.39, 0.29) is 24.0 Å². The predicted molar refractivity (Wildman–Crippen MR) is 94.8 cm³/mol. The van der Waals surface area contributed by atoms with Crippen molar-refractivity contribution in [2.75, 3.05) is 19.8 Å². The van der Waals surface area contributed by atoms with Crippen LogP contribution in [0.2, 0.25) is 0 Å². The number of nitrogens with zero attached hydrogens (tertiary/aromatic N) is 1. The Labute approximate surface area is 149 Å². The number of likely N-dealkylation sites (N-methyl/N-ethyl adjacent to an activating group) is 1. The van der Waals surface area contributed by atoms with Gasteiger partial charge in [0.05, 0.1) is 19.8 Å². The molecule has 0 unspecified atom stereocenters. The van der Waals surface area contributed by atoms with Gasteiger partial charge in [0.25, 0.3) is 5.54 Å². The van der Waals surface area contributed by atoms with E-state index >= 15 is 0 Å². The molecule has 2 atom stereocenters. The van der Waals surface area contributed by atoms with Crippen molar-refractivity contribution in [3.05, 3.63) is 0 Å². The first-order valence-electron chi connectivity index (χ1n) is 8.04. The lowest BCUT2D eigenvalue weighted by atomic mass is 9.83. The second-order valence-electron chi connectivity index (χ2n) is 7.45. The normalized spacial score (nSPS) is 16.0. The smallest absolute Gasteiger partial charge is 0.375 e. The minimum absolute atomic E-state index is 0.0717. The lowest BCUT2D eigenvalue weighted by molar-refractivity contribution is -0.966. The molecule has 0 spiro atoms. The number of carbonyl (C=O) groups is 3. The standard InChI is InChI=1S/C16H30N2O5S/c1-10(2)7-12(14(20)21)17-18(5,6)16(15(22)23,8-11(3)4)13(19)9-24/h10-12,17H,7-9H2,1-6H3,(H2-,20,21,22,23,24)/p+1/t12-,16+/m0/s1. The van der Waals surface area contributed by atoms with Gasteiger partial charge in [0, 0.05) is 6.42 Å². The Morgan fingerprint density at radius 3 is 1.88 bits per heavy atom. The number of hydrogen-bond donors (Lipinski definition) is 4. The monoisotopic (exact) mass is 363 g/mol. The van der Waals surface area contributed by atoms with Crippen molar-refractivity contribution in [3.8, 4) is 0 Å². The van der Waals surface area contributed by atoms with Gasteiger partial charge in [-0.15, -0.1) is 0 Å². The van der Waals surface area contributed by atoms with E-state index in [1.807, 2.05) is 27.7 Å². The number of rotatable bonds is 11. The fraction of sp³-hybridized carbons (Fsp3) is 0.812. The summed E-state index contributed by atoms with van der Waals surface area (Å²) < 4.78 is -0.455. The Balaban J connectivity index is 6.00. The van der Waals surface area contributed by atoms with E-state index in [0.717, 1.165) is 0 Å². The molecule has 0 aliphatic carbocycles. The third-order valence-corrected chi connectivity index (χ3v) is 4.39. The number of thiol groups is 1. The van der Waals surface area contributed by atoms with Gasteiger partial charge in [0.2, 0.25) is 5.78 Å². The molecule has 0 rings (SSSR count). The summed E-state index contributed by atoms with van der Waals surface area (Å²) in [5.41, 5.74) is 1.06. The van der Waals surface area contributed by atoms with E-state index in [2.05, 4.69) is 18.1 Å². The van der Waals surface area contributed by atoms with Crippen LogP contribution < -0.4 is 5.43 Å². The van der Waals surface area contributed by atoms with Crippen molar-refractivity contribution >= 4 is 30.4 Å². The van der Waals surface area contributed by atoms with Crippen LogP contribution in [0.3, 0.4) is 0 Å². The largest absolute Gasteiger partial charge is 0.480 e. The highest BCUT2D eigenvalue weighted by atomic mass is 32.1. The molecule has 0 bridgehead atoms. The van der Waals surface area contributed by atoms with Crippen molar-refractivity contribution in [1.29, 1.82) is 0 Å². The summed E-state index contributed by atoms with van der Waals surface area (Å²) in [6.07, 6.45) is 0.402. The van der Waals surface area contributed by atoms with Crippen LogP contribution in [0.1, 0.15) is 40.5 Å². The van der Waals surface area contributed by atoms with Gasteiger partial charge >= 0.3 is 11.9 Å². The third-order valence-electron chi connectivity index (χ3n) is 4.10. The summed E-state index contributed by atoms with van der Waals surface area (Å²) in [5, 5.41) is 19.3. The van der Waals surface area contributed by atoms with Crippen LogP contribution in [-0.2, 0) is 14.4 Å². The van der Waals surface area contributed by atoms with Crippen LogP contribution in [0.25, 0.3) is 0 Å². The van der Waals surface area contributed by atoms with Crippen molar-refractivity contribution in [3.63, 3.8) is 0 Å². The van der Waals surface area contributed by atoms with E-state index in [1.165, 1.54) is 14.1 Å². The van der Waals surface area contributed by atoms with Crippen LogP contribution >= 0.6 is 12.6 Å². The molecule has 0 saturated heterocycles. The zero-order chi connectivity index (χ0) is 19.3. The molecule has 0 amide bonds. The van der Waals surface area contributed by atoms with Gasteiger partial charge in [-0.25, -0.2) is 9.39 Å². The van der Waals surface area contributed by atoms with Gasteiger partial charge < -0.3 is 10.2 Å². The Morgan fingerprint density at radius 1 is 1.08 bits per heavy atom. The maximum Gasteiger partial charge on any atom is 0.375 e. The van der Waals surface area contributed by atoms with Crippen LogP contribution in [0.15, 0.2) is 0 Å². The van der Waals surface area contributed by atoms with E-state index in [0.29, 0.717) is 6.42 Å². The minimum Gasteiger partial charge on any atom is -0.480 e. The maximum absolute atomic E-state index is 12.6. The molecule has 0 aromatic carbocycles. The Hall–Kier alpha value is -1.12. The predicted octanol–water partition coefficient (Wildman–Crippen LogP) is 1.44. The molecule has 8 heteroatoms. The summed E-state index contributed by atoms with van der Waals surface area (Å²) >= 11 is 3.98. The third kappa shape index (κ3) is 5.19. The van der Waals surface area contributed by atoms with E-state index in [1.54, 1.807) is 0 Å². The second kappa shape index (κ2) is 8.82. The van der Waals surface area contributed by atoms with Gasteiger partial charge in [0.1, 0.15) is 0 Å². The van der Waals surface area contributed by atoms with E-state index < -0.39 is 33.9 Å². The molecular formula is C16H31N2O5S+. The topological polar surface area (TPSA) is 104 Å². The Morgan fingerprint density at radius 2 is 1.58 bits per heavy atom. The lowest BCUT2D eigenvalue weighted by Gasteiger charge is -2.45. The molecule has 0 aromatic heterocycles. The number of Topliss-reactive ketones (excluding diaryl/α,β-unsaturated/α-hetero) is 1. The van der Waals surface area contributed by atoms with Gasteiger partial charge in [-0.2, -0.15) is 18.1 Å². The Kier molecular flexibility index (Phi) is 8.41. The molecule has 0 radical (unpaired) electrons. The average molecular weight is 364 g/mol. The SMILES string of the molecule is CC(C)C[C@H](N[N+](C)(C)[C@@](CC(C)C)(C(=O)O)C(=O)CS)C(=O)O. The van der Waals surface area contributed by atoms with E-state index in [9.17, 15) is 24.6 Å². The summed E-state index contributed by atoms with van der Waals surface area (Å²) in [4.78, 5) is 36.2. The number of ketones is 1. The van der Waals surface area contributed by atoms with Gasteiger partial charge in [-0.1, -0.05) is 27.7 Å². The van der Waals surface area contributed by atoms with Crippen LogP contribution in [0, 0.1) is 11.8 Å². The summed E-state index contributed by atoms with van der Waals surface area (Å²) in [6.45, 7) is 7.42. The summed E-state index contributed by atoms with van der Waals surface area (Å²) in [6, 6.07) is -0.960. The highest BCUT2D eigenvalue weighted by Crippen LogP contribution is 2.30. The average Bonchev–Trinajstić information content (AvgIpc) is 2.41. The van der Waals surface area contributed by atoms with Crippen molar-refractivity contribution in [2.45, 2.75) is 52.1 Å². The summed E-state index contributed by atoms with van der Waals surface area (Å²) in [5.74, 6) is -3.10. The maximum atomic E-state index is 12.6. The number of quaternary nitrogens is 1. The molecule has 0 aliphatic rings. The number of hydrogen-bond acceptors (Lipinski definition) is 5. The van der Waals surface area contributed by atoms with Gasteiger partial charge in [-0.05, 0) is 18.3 Å². The molecule has 0 saturated carbocycles. The fourth-order valence-corrected chi connectivity index (χ4v) is 3.26. The highest BCUT2D eigenvalue weighted by Gasteiger charge is 2.60. The first-order chi connectivity index (χ1) is 10.8. The molecule has 0 aliphatic heterocycles. The molecule has 3 N–H and O–H groups in total. The molecule has 0 heterocycles. The molecule has 140 valence electrons. The van der Waals surface area contributed by atoms with Crippen LogP contribution in [0.4, 0.5) is 0 Å². The van der Waals surface area contributed by atoms with Crippen LogP contribution in [-0.4, -0.2) is 64.0 Å². The molecule has 0 fully saturated rings. The molecule has 7 nitrogen and oxygen atoms in total. The highest BCUT2D eigenvalue weighted by molar-refractivity contribution is 7.81. The number of carboxylic acid groups (broad SMARTS) is 2. The molecular weight excluding hydrogens is 332 g/mol. The van der Waals surface area contributed by atoms with Crippen molar-refractivity contribution < 1.29 is 29.2 Å². The van der Waals surface area contributed by atoms with Crippen molar-refractivity contribution in [2.24, 2.45) is 11.8 Å². The first kappa shape index (κ1) is 22.9. The number of nitrogens with one attached hydrogen (secondary N) is 1. The second-order valence-corrected chi connectivity index (χ2v) is 7.76. The lowest BCUT2D eigenvalue weighted by Crippen LogP contribution is -2.76. The first-order valence-corrected chi connectivity index (χ1v) is 8.67. The van der Waals surface area contributed by atoms with Gasteiger partial charge in [0.15, 0.2) is 6.04 Å². The zero-order valence-electron chi connectivity index (χ0n) is 15.4. The van der Waals surface area contributed by atoms with Crippen LogP contribution in [0.5, 0.6) is 0 Å². The van der Waals surface area contributed by atoms with E-state index in [4.69, 9.17) is 0 Å². The number of carboxylic acids is 2. The number of aliphatic carboxylic acids is 2. The molecule has 0 aromatic rings. The minimum atomic E-state index is -1.80.